The maximum absolute atomic E-state index is 13.9. The molecule has 0 bridgehead atoms. The summed E-state index contributed by atoms with van der Waals surface area (Å²) >= 11 is 0. The van der Waals surface area contributed by atoms with Gasteiger partial charge >= 0.3 is 6.36 Å². The van der Waals surface area contributed by atoms with Gasteiger partial charge in [-0.3, -0.25) is 10.9 Å². The van der Waals surface area contributed by atoms with Crippen LogP contribution in [0.1, 0.15) is 20.8 Å². The molecule has 0 unspecified atom stereocenters. The molecule has 34 heavy (non-hydrogen) atoms. The van der Waals surface area contributed by atoms with Crippen LogP contribution >= 0.6 is 0 Å². The van der Waals surface area contributed by atoms with Crippen molar-refractivity contribution in [2.24, 2.45) is 0 Å². The van der Waals surface area contributed by atoms with E-state index in [0.29, 0.717) is 0 Å². The molecule has 1 aromatic heterocycles. The summed E-state index contributed by atoms with van der Waals surface area (Å²) in [6.07, 6.45) is -4.91. The fourth-order valence-electron chi connectivity index (χ4n) is 2.71. The summed E-state index contributed by atoms with van der Waals surface area (Å²) in [6.45, 7) is 5.35. The number of anilines is 3. The van der Waals surface area contributed by atoms with Crippen LogP contribution in [0.4, 0.5) is 48.2 Å². The monoisotopic (exact) mass is 489 g/mol. The van der Waals surface area contributed by atoms with Crippen molar-refractivity contribution >= 4 is 17.5 Å². The van der Waals surface area contributed by atoms with E-state index >= 15 is 0 Å². The van der Waals surface area contributed by atoms with E-state index in [1.54, 1.807) is 20.8 Å². The van der Waals surface area contributed by atoms with Gasteiger partial charge in [-0.05, 0) is 32.9 Å². The number of nitrogens with one attached hydrogen (secondary N) is 3. The van der Waals surface area contributed by atoms with Crippen molar-refractivity contribution in [3.8, 4) is 17.0 Å². The minimum Gasteiger partial charge on any atom is -0.406 e. The van der Waals surface area contributed by atoms with Gasteiger partial charge in [-0.1, -0.05) is 12.1 Å². The van der Waals surface area contributed by atoms with Crippen LogP contribution in [0.15, 0.2) is 36.4 Å². The summed E-state index contributed by atoms with van der Waals surface area (Å²) in [5.41, 5.74) is 2.95. The summed E-state index contributed by atoms with van der Waals surface area (Å²) < 4.78 is 96.5. The van der Waals surface area contributed by atoms with Crippen molar-refractivity contribution in [3.63, 3.8) is 0 Å². The molecule has 13 heteroatoms. The lowest BCUT2D eigenvalue weighted by molar-refractivity contribution is -0.274. The predicted molar refractivity (Wildman–Crippen MR) is 111 cm³/mol. The Hall–Kier alpha value is -3.77. The van der Waals surface area contributed by atoms with Crippen LogP contribution in [0.3, 0.4) is 0 Å². The van der Waals surface area contributed by atoms with Crippen LogP contribution in [0, 0.1) is 23.3 Å². The van der Waals surface area contributed by atoms with Crippen LogP contribution in [0.25, 0.3) is 11.3 Å². The zero-order valence-corrected chi connectivity index (χ0v) is 17.9. The molecule has 1 heterocycles. The SMILES string of the molecule is CC(C)(C)Nc1nc(NNc2c(F)c(F)cc(F)c2F)cc(-c2cccc(OC(F)(F)F)c2)n1. The van der Waals surface area contributed by atoms with Gasteiger partial charge in [-0.2, -0.15) is 4.98 Å². The van der Waals surface area contributed by atoms with Crippen LogP contribution < -0.4 is 20.9 Å². The molecule has 182 valence electrons. The van der Waals surface area contributed by atoms with Gasteiger partial charge < -0.3 is 10.1 Å². The standard InChI is InChI=1S/C21H18F7N5O/c1-20(2,3)31-19-29-14(10-5-4-6-11(7-10)34-21(26,27)28)9-15(30-19)32-33-18-16(24)12(22)8-13(23)17(18)25/h4-9,33H,1-3H3,(H2,29,30,31,32). The van der Waals surface area contributed by atoms with Crippen molar-refractivity contribution < 1.29 is 35.5 Å². The molecule has 2 aromatic carbocycles. The topological polar surface area (TPSA) is 71.1 Å². The van der Waals surface area contributed by atoms with Gasteiger partial charge in [0.15, 0.2) is 29.1 Å². The van der Waals surface area contributed by atoms with E-state index in [9.17, 15) is 30.7 Å². The first kappa shape index (κ1) is 24.9. The van der Waals surface area contributed by atoms with Gasteiger partial charge in [0.2, 0.25) is 5.95 Å². The van der Waals surface area contributed by atoms with E-state index in [2.05, 4.69) is 25.4 Å². The number of hydrogen-bond acceptors (Lipinski definition) is 6. The molecule has 0 fully saturated rings. The first-order valence-electron chi connectivity index (χ1n) is 9.60. The van der Waals surface area contributed by atoms with E-state index in [0.717, 1.165) is 12.1 Å². The molecule has 0 atom stereocenters. The summed E-state index contributed by atoms with van der Waals surface area (Å²) in [7, 11) is 0. The first-order chi connectivity index (χ1) is 15.7. The first-order valence-corrected chi connectivity index (χ1v) is 9.60. The molecule has 0 radical (unpaired) electrons. The van der Waals surface area contributed by atoms with Crippen LogP contribution in [0.5, 0.6) is 5.75 Å². The van der Waals surface area contributed by atoms with Crippen molar-refractivity contribution in [1.82, 2.24) is 9.97 Å². The fourth-order valence-corrected chi connectivity index (χ4v) is 2.71. The quantitative estimate of drug-likeness (QED) is 0.216. The summed E-state index contributed by atoms with van der Waals surface area (Å²) in [6, 6.07) is 6.22. The Morgan fingerprint density at radius 2 is 1.47 bits per heavy atom. The van der Waals surface area contributed by atoms with Crippen molar-refractivity contribution in [1.29, 1.82) is 0 Å². The lowest BCUT2D eigenvalue weighted by Crippen LogP contribution is -2.27. The number of ether oxygens (including phenoxy) is 1. The number of hydrazine groups is 1. The average Bonchev–Trinajstić information content (AvgIpc) is 2.70. The third-order valence-corrected chi connectivity index (χ3v) is 4.00. The largest absolute Gasteiger partial charge is 0.573 e. The molecule has 0 aliphatic heterocycles. The van der Waals surface area contributed by atoms with E-state index in [1.165, 1.54) is 18.2 Å². The maximum Gasteiger partial charge on any atom is 0.573 e. The van der Waals surface area contributed by atoms with E-state index in [1.807, 2.05) is 5.43 Å². The maximum atomic E-state index is 13.9. The minimum absolute atomic E-state index is 0.00260. The number of aromatic nitrogens is 2. The number of halogens is 7. The summed E-state index contributed by atoms with van der Waals surface area (Å²) in [5, 5.41) is 2.95. The molecule has 0 saturated carbocycles. The van der Waals surface area contributed by atoms with Crippen LogP contribution in [-0.4, -0.2) is 21.9 Å². The van der Waals surface area contributed by atoms with Crippen LogP contribution in [-0.2, 0) is 0 Å². The molecule has 6 nitrogen and oxygen atoms in total. The van der Waals surface area contributed by atoms with Gasteiger partial charge in [0.1, 0.15) is 11.4 Å². The Labute approximate surface area is 189 Å². The number of rotatable bonds is 6. The third-order valence-electron chi connectivity index (χ3n) is 4.00. The van der Waals surface area contributed by atoms with E-state index in [4.69, 9.17) is 0 Å². The van der Waals surface area contributed by atoms with Gasteiger partial charge in [-0.25, -0.2) is 22.5 Å². The van der Waals surface area contributed by atoms with E-state index < -0.39 is 46.6 Å². The normalized spacial score (nSPS) is 11.8. The number of nitrogens with zero attached hydrogens (tertiary/aromatic N) is 2. The zero-order valence-electron chi connectivity index (χ0n) is 17.9. The Balaban J connectivity index is 1.99. The van der Waals surface area contributed by atoms with Gasteiger partial charge in [0.05, 0.1) is 5.69 Å². The molecule has 0 saturated heterocycles. The highest BCUT2D eigenvalue weighted by Crippen LogP contribution is 2.30. The summed E-state index contributed by atoms with van der Waals surface area (Å²) in [5.74, 6) is -7.21. The van der Waals surface area contributed by atoms with Crippen molar-refractivity contribution in [2.45, 2.75) is 32.7 Å². The molecule has 0 aliphatic carbocycles. The fraction of sp³-hybridized carbons (Fsp3) is 0.238. The molecular weight excluding hydrogens is 471 g/mol. The van der Waals surface area contributed by atoms with Crippen molar-refractivity contribution in [2.75, 3.05) is 16.2 Å². The Morgan fingerprint density at radius 3 is 2.06 bits per heavy atom. The number of benzene rings is 2. The molecule has 3 aromatic rings. The molecule has 0 amide bonds. The van der Waals surface area contributed by atoms with Gasteiger partial charge in [-0.15, -0.1) is 13.2 Å². The minimum atomic E-state index is -4.91. The molecule has 3 N–H and O–H groups in total. The highest BCUT2D eigenvalue weighted by atomic mass is 19.4. The van der Waals surface area contributed by atoms with Gasteiger partial charge in [0, 0.05) is 23.2 Å². The smallest absolute Gasteiger partial charge is 0.406 e. The number of alkyl halides is 3. The van der Waals surface area contributed by atoms with Crippen LogP contribution in [0.2, 0.25) is 0 Å². The van der Waals surface area contributed by atoms with E-state index in [-0.39, 0.29) is 29.1 Å². The van der Waals surface area contributed by atoms with Crippen molar-refractivity contribution in [3.05, 3.63) is 59.7 Å². The highest BCUT2D eigenvalue weighted by molar-refractivity contribution is 5.67. The second-order valence-corrected chi connectivity index (χ2v) is 8.01. The Bertz CT molecular complexity index is 1170. The second-order valence-electron chi connectivity index (χ2n) is 8.01. The third kappa shape index (κ3) is 6.39. The second kappa shape index (κ2) is 9.23. The predicted octanol–water partition coefficient (Wildman–Crippen LogP) is 6.25. The zero-order chi connectivity index (χ0) is 25.3. The number of hydrogen-bond donors (Lipinski definition) is 3. The summed E-state index contributed by atoms with van der Waals surface area (Å²) in [4.78, 5) is 8.36. The lowest BCUT2D eigenvalue weighted by Gasteiger charge is -2.21. The molecule has 0 spiro atoms. The van der Waals surface area contributed by atoms with Gasteiger partial charge in [0.25, 0.3) is 0 Å². The molecule has 0 aliphatic rings. The Kier molecular flexibility index (Phi) is 6.75. The molecular formula is C21H18F7N5O. The average molecular weight is 489 g/mol. The lowest BCUT2D eigenvalue weighted by atomic mass is 10.1. The molecule has 3 rings (SSSR count). The Morgan fingerprint density at radius 1 is 0.824 bits per heavy atom. The highest BCUT2D eigenvalue weighted by Gasteiger charge is 2.31.